The Hall–Kier alpha value is -0.600. The van der Waals surface area contributed by atoms with Gasteiger partial charge in [-0.05, 0) is 24.0 Å². The minimum absolute atomic E-state index is 0. The van der Waals surface area contributed by atoms with Crippen LogP contribution in [0, 0.1) is 0 Å². The third-order valence-corrected chi connectivity index (χ3v) is 11.2. The van der Waals surface area contributed by atoms with E-state index in [4.69, 9.17) is 4.74 Å². The molecule has 0 heterocycles. The first-order valence-electron chi connectivity index (χ1n) is 24.1. The normalized spacial score (nSPS) is 10.9. The molecule has 0 unspecified atom stereocenters. The second kappa shape index (κ2) is 46.8. The summed E-state index contributed by atoms with van der Waals surface area (Å²) in [5, 5.41) is 0. The molecule has 1 nitrogen and oxygen atoms in total. The molecule has 2 heteroatoms. The van der Waals surface area contributed by atoms with Crippen LogP contribution in [0.15, 0.2) is 60.7 Å². The van der Waals surface area contributed by atoms with E-state index in [0.29, 0.717) is 0 Å². The summed E-state index contributed by atoms with van der Waals surface area (Å²) in [5.41, 5.74) is 2.55. The Bertz CT molecular complexity index is 839. The first kappa shape index (κ1) is 53.4. The van der Waals surface area contributed by atoms with Crippen molar-refractivity contribution in [3.05, 3.63) is 60.7 Å². The third kappa shape index (κ3) is 39.6. The number of hydrogen-bond donors (Lipinski definition) is 0. The quantitative estimate of drug-likeness (QED) is 0.0488. The maximum absolute atomic E-state index is 5.89. The van der Waals surface area contributed by atoms with Gasteiger partial charge in [0.25, 0.3) is 0 Å². The van der Waals surface area contributed by atoms with Crippen molar-refractivity contribution in [1.82, 2.24) is 0 Å². The zero-order valence-electron chi connectivity index (χ0n) is 36.1. The molecular formula is C52H93NaO. The first-order chi connectivity index (χ1) is 26.4. The summed E-state index contributed by atoms with van der Waals surface area (Å²) in [6.45, 7) is 6.61. The van der Waals surface area contributed by atoms with E-state index in [1.54, 1.807) is 0 Å². The fourth-order valence-electron chi connectivity index (χ4n) is 7.57. The van der Waals surface area contributed by atoms with Gasteiger partial charge in [-0.3, -0.25) is 0 Å². The fraction of sp³-hybridized carbons (Fsp3) is 0.769. The predicted molar refractivity (Wildman–Crippen MR) is 247 cm³/mol. The van der Waals surface area contributed by atoms with Gasteiger partial charge in [0.1, 0.15) is 0 Å². The minimum Gasteiger partial charge on any atom is -0.0622 e. The van der Waals surface area contributed by atoms with Crippen molar-refractivity contribution >= 4 is 29.6 Å². The largest absolute Gasteiger partial charge is 0.0622 e. The van der Waals surface area contributed by atoms with Crippen molar-refractivity contribution in [3.8, 4) is 11.1 Å². The molecule has 0 saturated carbocycles. The van der Waals surface area contributed by atoms with Gasteiger partial charge in [0.2, 0.25) is 0 Å². The van der Waals surface area contributed by atoms with Crippen molar-refractivity contribution in [2.24, 2.45) is 0 Å². The average molecular weight is 757 g/mol. The van der Waals surface area contributed by atoms with Crippen LogP contribution < -0.4 is 0 Å². The monoisotopic (exact) mass is 757 g/mol. The Morgan fingerprint density at radius 1 is 0.259 bits per heavy atom. The van der Waals surface area contributed by atoms with E-state index in [1.165, 1.54) is 242 Å². The number of unbranched alkanes of at least 4 members (excludes halogenated alkanes) is 34. The van der Waals surface area contributed by atoms with Gasteiger partial charge in [-0.1, -0.05) is 293 Å². The van der Waals surface area contributed by atoms with Crippen LogP contribution in [-0.2, 0) is 4.74 Å². The Morgan fingerprint density at radius 3 is 0.648 bits per heavy atom. The molecule has 0 bridgehead atoms. The van der Waals surface area contributed by atoms with E-state index >= 15 is 0 Å². The molecule has 0 amide bonds. The molecule has 0 saturated heterocycles. The van der Waals surface area contributed by atoms with Gasteiger partial charge in [-0.2, -0.15) is 0 Å². The van der Waals surface area contributed by atoms with Gasteiger partial charge < -0.3 is 4.74 Å². The molecular weight excluding hydrogens is 664 g/mol. The molecule has 2 aromatic rings. The zero-order valence-corrected chi connectivity index (χ0v) is 36.1. The summed E-state index contributed by atoms with van der Waals surface area (Å²) in [6.07, 6.45) is 52.0. The summed E-state index contributed by atoms with van der Waals surface area (Å²) in [6, 6.07) is 20.8. The van der Waals surface area contributed by atoms with Gasteiger partial charge in [0, 0.05) is 13.2 Å². The van der Waals surface area contributed by atoms with E-state index in [1.807, 2.05) is 12.1 Å². The van der Waals surface area contributed by atoms with Crippen LogP contribution in [0.1, 0.15) is 245 Å². The van der Waals surface area contributed by atoms with Crippen LogP contribution >= 0.6 is 0 Å². The number of hydrogen-bond acceptors (Lipinski definition) is 1. The van der Waals surface area contributed by atoms with Crippen LogP contribution in [0.4, 0.5) is 0 Å². The van der Waals surface area contributed by atoms with E-state index in [0.717, 1.165) is 13.2 Å². The fourth-order valence-corrected chi connectivity index (χ4v) is 7.57. The van der Waals surface area contributed by atoms with Crippen molar-refractivity contribution in [3.63, 3.8) is 0 Å². The van der Waals surface area contributed by atoms with Crippen LogP contribution in [0.2, 0.25) is 0 Å². The number of rotatable bonds is 39. The predicted octanol–water partition coefficient (Wildman–Crippen LogP) is 17.8. The smallest absolute Gasteiger partial charge is 0.0184 e. The molecule has 0 fully saturated rings. The summed E-state index contributed by atoms with van der Waals surface area (Å²) < 4.78 is 5.89. The van der Waals surface area contributed by atoms with Gasteiger partial charge >= 0.3 is 29.6 Å². The molecule has 0 aromatic heterocycles. The SMILES string of the molecule is CCCCCCCCCCCCCCCCCCCCOCCCCCCCCCCCCCCCCCCCC.[NaH].c1ccc(-c2ccccc2)cc1. The topological polar surface area (TPSA) is 9.23 Å². The molecule has 0 N–H and O–H groups in total. The van der Waals surface area contributed by atoms with Gasteiger partial charge in [0.05, 0.1) is 0 Å². The van der Waals surface area contributed by atoms with E-state index in [-0.39, 0.29) is 29.6 Å². The Balaban J connectivity index is 0.00000179. The second-order valence-corrected chi connectivity index (χ2v) is 16.4. The molecule has 0 aliphatic rings. The third-order valence-electron chi connectivity index (χ3n) is 11.2. The number of ether oxygens (including phenoxy) is 1. The first-order valence-corrected chi connectivity index (χ1v) is 24.1. The van der Waals surface area contributed by atoms with Crippen LogP contribution in [0.3, 0.4) is 0 Å². The van der Waals surface area contributed by atoms with Crippen LogP contribution in [0.5, 0.6) is 0 Å². The van der Waals surface area contributed by atoms with Gasteiger partial charge in [-0.25, -0.2) is 0 Å². The van der Waals surface area contributed by atoms with Crippen molar-refractivity contribution in [2.45, 2.75) is 245 Å². The van der Waals surface area contributed by atoms with Crippen molar-refractivity contribution in [1.29, 1.82) is 0 Å². The van der Waals surface area contributed by atoms with Gasteiger partial charge in [0.15, 0.2) is 0 Å². The van der Waals surface area contributed by atoms with Crippen molar-refractivity contribution < 1.29 is 4.74 Å². The maximum atomic E-state index is 5.89. The molecule has 0 spiro atoms. The standard InChI is InChI=1S/C40H82O.C12H10.Na.H/c1-3-5-7-9-11-13-15-17-19-21-23-25-27-29-31-33-35-37-39-41-40-38-36-34-32-30-28-26-24-22-20-18-16-14-12-10-8-6-4-2;1-3-7-11(8-4-1)12-9-5-2-6-10-12;;/h3-40H2,1-2H3;1-10H;;. The summed E-state index contributed by atoms with van der Waals surface area (Å²) in [5.74, 6) is 0. The second-order valence-electron chi connectivity index (χ2n) is 16.4. The Labute approximate surface area is 362 Å². The van der Waals surface area contributed by atoms with Crippen LogP contribution in [-0.4, -0.2) is 42.8 Å². The van der Waals surface area contributed by atoms with Gasteiger partial charge in [-0.15, -0.1) is 0 Å². The Morgan fingerprint density at radius 2 is 0.444 bits per heavy atom. The molecule has 308 valence electrons. The molecule has 0 radical (unpaired) electrons. The summed E-state index contributed by atoms with van der Waals surface area (Å²) in [4.78, 5) is 0. The Kier molecular flexibility index (Phi) is 46.3. The van der Waals surface area contributed by atoms with Crippen molar-refractivity contribution in [2.75, 3.05) is 13.2 Å². The van der Waals surface area contributed by atoms with E-state index in [2.05, 4.69) is 62.4 Å². The summed E-state index contributed by atoms with van der Waals surface area (Å²) in [7, 11) is 0. The molecule has 0 aliphatic carbocycles. The average Bonchev–Trinajstić information content (AvgIpc) is 3.20. The molecule has 0 aliphatic heterocycles. The molecule has 2 rings (SSSR count). The molecule has 0 atom stereocenters. The minimum atomic E-state index is 0. The van der Waals surface area contributed by atoms with E-state index < -0.39 is 0 Å². The maximum Gasteiger partial charge on any atom is -0.0184 e. The molecule has 2 aromatic carbocycles. The number of benzene rings is 2. The van der Waals surface area contributed by atoms with E-state index in [9.17, 15) is 0 Å². The molecule has 54 heavy (non-hydrogen) atoms. The summed E-state index contributed by atoms with van der Waals surface area (Å²) >= 11 is 0. The zero-order chi connectivity index (χ0) is 37.8. The van der Waals surface area contributed by atoms with Crippen LogP contribution in [0.25, 0.3) is 11.1 Å².